The SMILES string of the molecule is Cc1ccc(NC2CCN(C(=O)c3csc(C)n3)CC2)nn1. The van der Waals surface area contributed by atoms with Crippen molar-refractivity contribution in [3.05, 3.63) is 33.9 Å². The van der Waals surface area contributed by atoms with Gasteiger partial charge in [0.15, 0.2) is 0 Å². The molecule has 3 heterocycles. The van der Waals surface area contributed by atoms with Gasteiger partial charge in [0.25, 0.3) is 5.91 Å². The van der Waals surface area contributed by atoms with Gasteiger partial charge < -0.3 is 10.2 Å². The Morgan fingerprint density at radius 2 is 2.05 bits per heavy atom. The Kier molecular flexibility index (Phi) is 4.33. The van der Waals surface area contributed by atoms with Gasteiger partial charge in [-0.3, -0.25) is 4.79 Å². The summed E-state index contributed by atoms with van der Waals surface area (Å²) in [6.07, 6.45) is 1.81. The number of piperidine rings is 1. The van der Waals surface area contributed by atoms with E-state index in [9.17, 15) is 4.79 Å². The minimum absolute atomic E-state index is 0.0397. The molecule has 0 unspecified atom stereocenters. The standard InChI is InChI=1S/C15H19N5OS/c1-10-3-4-14(19-18-10)17-12-5-7-20(8-6-12)15(21)13-9-22-11(2)16-13/h3-4,9,12H,5-8H2,1-2H3,(H,17,19). The summed E-state index contributed by atoms with van der Waals surface area (Å²) in [6.45, 7) is 5.32. The number of aryl methyl sites for hydroxylation is 2. The smallest absolute Gasteiger partial charge is 0.273 e. The molecule has 22 heavy (non-hydrogen) atoms. The number of thiazole rings is 1. The molecule has 0 atom stereocenters. The topological polar surface area (TPSA) is 71.0 Å². The number of amides is 1. The van der Waals surface area contributed by atoms with E-state index in [-0.39, 0.29) is 5.91 Å². The number of carbonyl (C=O) groups excluding carboxylic acids is 1. The van der Waals surface area contributed by atoms with E-state index in [2.05, 4.69) is 20.5 Å². The van der Waals surface area contributed by atoms with Gasteiger partial charge >= 0.3 is 0 Å². The molecule has 2 aromatic heterocycles. The van der Waals surface area contributed by atoms with Crippen LogP contribution < -0.4 is 5.32 Å². The fraction of sp³-hybridized carbons (Fsp3) is 0.467. The largest absolute Gasteiger partial charge is 0.366 e. The number of carbonyl (C=O) groups is 1. The lowest BCUT2D eigenvalue weighted by Gasteiger charge is -2.32. The average Bonchev–Trinajstić information content (AvgIpc) is 2.96. The molecular weight excluding hydrogens is 298 g/mol. The van der Waals surface area contributed by atoms with Crippen LogP contribution in [0.4, 0.5) is 5.82 Å². The Bertz CT molecular complexity index is 646. The first-order valence-corrected chi connectivity index (χ1v) is 8.28. The number of rotatable bonds is 3. The average molecular weight is 317 g/mol. The summed E-state index contributed by atoms with van der Waals surface area (Å²) < 4.78 is 0. The minimum atomic E-state index is 0.0397. The van der Waals surface area contributed by atoms with Crippen molar-refractivity contribution in [3.8, 4) is 0 Å². The fourth-order valence-electron chi connectivity index (χ4n) is 2.54. The summed E-state index contributed by atoms with van der Waals surface area (Å²) in [5.41, 5.74) is 1.47. The van der Waals surface area contributed by atoms with Gasteiger partial charge in [0.05, 0.1) is 10.7 Å². The minimum Gasteiger partial charge on any atom is -0.366 e. The van der Waals surface area contributed by atoms with Crippen LogP contribution in [0.2, 0.25) is 0 Å². The van der Waals surface area contributed by atoms with Crippen molar-refractivity contribution >= 4 is 23.1 Å². The van der Waals surface area contributed by atoms with Crippen LogP contribution in [0.3, 0.4) is 0 Å². The van der Waals surface area contributed by atoms with E-state index in [1.165, 1.54) is 11.3 Å². The molecular formula is C15H19N5OS. The molecule has 0 aliphatic carbocycles. The molecule has 116 valence electrons. The van der Waals surface area contributed by atoms with Gasteiger partial charge in [0.1, 0.15) is 11.5 Å². The monoisotopic (exact) mass is 317 g/mol. The molecule has 1 N–H and O–H groups in total. The highest BCUT2D eigenvalue weighted by atomic mass is 32.1. The van der Waals surface area contributed by atoms with Gasteiger partial charge in [0, 0.05) is 24.5 Å². The van der Waals surface area contributed by atoms with Crippen LogP contribution in [0, 0.1) is 13.8 Å². The molecule has 1 aliphatic heterocycles. The molecule has 1 amide bonds. The zero-order valence-electron chi connectivity index (χ0n) is 12.7. The fourth-order valence-corrected chi connectivity index (χ4v) is 3.12. The van der Waals surface area contributed by atoms with Crippen molar-refractivity contribution in [1.82, 2.24) is 20.1 Å². The predicted octanol–water partition coefficient (Wildman–Crippen LogP) is 2.27. The van der Waals surface area contributed by atoms with Crippen molar-refractivity contribution in [2.45, 2.75) is 32.7 Å². The van der Waals surface area contributed by atoms with E-state index in [4.69, 9.17) is 0 Å². The summed E-state index contributed by atoms with van der Waals surface area (Å²) in [6, 6.07) is 4.22. The first-order chi connectivity index (χ1) is 10.6. The second-order valence-electron chi connectivity index (χ2n) is 5.52. The molecule has 0 aromatic carbocycles. The predicted molar refractivity (Wildman–Crippen MR) is 86.2 cm³/mol. The molecule has 1 fully saturated rings. The first-order valence-electron chi connectivity index (χ1n) is 7.40. The Balaban J connectivity index is 1.54. The molecule has 3 rings (SSSR count). The Morgan fingerprint density at radius 3 is 2.64 bits per heavy atom. The van der Waals surface area contributed by atoms with Crippen LogP contribution in [-0.2, 0) is 0 Å². The second kappa shape index (κ2) is 6.39. The van der Waals surface area contributed by atoms with Gasteiger partial charge in [0.2, 0.25) is 0 Å². The van der Waals surface area contributed by atoms with Crippen LogP contribution in [-0.4, -0.2) is 45.1 Å². The zero-order valence-corrected chi connectivity index (χ0v) is 13.6. The van der Waals surface area contributed by atoms with Gasteiger partial charge in [-0.1, -0.05) is 0 Å². The molecule has 7 heteroatoms. The maximum atomic E-state index is 12.3. The molecule has 0 bridgehead atoms. The van der Waals surface area contributed by atoms with Crippen molar-refractivity contribution < 1.29 is 4.79 Å². The highest BCUT2D eigenvalue weighted by molar-refractivity contribution is 7.09. The van der Waals surface area contributed by atoms with E-state index in [1.807, 2.05) is 36.3 Å². The van der Waals surface area contributed by atoms with Crippen molar-refractivity contribution in [1.29, 1.82) is 0 Å². The Hall–Kier alpha value is -2.02. The third kappa shape index (κ3) is 3.41. The van der Waals surface area contributed by atoms with Gasteiger partial charge in [-0.15, -0.1) is 16.4 Å². The van der Waals surface area contributed by atoms with E-state index in [0.717, 1.165) is 42.5 Å². The number of hydrogen-bond donors (Lipinski definition) is 1. The highest BCUT2D eigenvalue weighted by Crippen LogP contribution is 2.18. The van der Waals surface area contributed by atoms with E-state index >= 15 is 0 Å². The summed E-state index contributed by atoms with van der Waals surface area (Å²) >= 11 is 1.51. The number of likely N-dealkylation sites (tertiary alicyclic amines) is 1. The first kappa shape index (κ1) is 14.9. The van der Waals surface area contributed by atoms with Crippen molar-refractivity contribution in [2.75, 3.05) is 18.4 Å². The van der Waals surface area contributed by atoms with Crippen molar-refractivity contribution in [2.24, 2.45) is 0 Å². The summed E-state index contributed by atoms with van der Waals surface area (Å²) in [4.78, 5) is 18.5. The van der Waals surface area contributed by atoms with Crippen LogP contribution in [0.15, 0.2) is 17.5 Å². The lowest BCUT2D eigenvalue weighted by molar-refractivity contribution is 0.0713. The van der Waals surface area contributed by atoms with Gasteiger partial charge in [-0.2, -0.15) is 5.10 Å². The Morgan fingerprint density at radius 1 is 1.27 bits per heavy atom. The van der Waals surface area contributed by atoms with Gasteiger partial charge in [-0.05, 0) is 38.8 Å². The third-order valence-electron chi connectivity index (χ3n) is 3.77. The van der Waals surface area contributed by atoms with Crippen molar-refractivity contribution in [3.63, 3.8) is 0 Å². The van der Waals surface area contributed by atoms with E-state index < -0.39 is 0 Å². The number of nitrogens with zero attached hydrogens (tertiary/aromatic N) is 4. The number of anilines is 1. The quantitative estimate of drug-likeness (QED) is 0.940. The maximum Gasteiger partial charge on any atom is 0.273 e. The lowest BCUT2D eigenvalue weighted by atomic mass is 10.0. The summed E-state index contributed by atoms with van der Waals surface area (Å²) in [7, 11) is 0. The van der Waals surface area contributed by atoms with E-state index in [0.29, 0.717) is 11.7 Å². The summed E-state index contributed by atoms with van der Waals surface area (Å²) in [5, 5.41) is 14.3. The molecule has 2 aromatic rings. The van der Waals surface area contributed by atoms with Crippen LogP contribution in [0.1, 0.15) is 34.0 Å². The second-order valence-corrected chi connectivity index (χ2v) is 6.58. The lowest BCUT2D eigenvalue weighted by Crippen LogP contribution is -2.42. The number of nitrogens with one attached hydrogen (secondary N) is 1. The van der Waals surface area contributed by atoms with Gasteiger partial charge in [-0.25, -0.2) is 4.98 Å². The number of hydrogen-bond acceptors (Lipinski definition) is 6. The molecule has 1 saturated heterocycles. The van der Waals surface area contributed by atoms with Crippen LogP contribution in [0.25, 0.3) is 0 Å². The van der Waals surface area contributed by atoms with E-state index in [1.54, 1.807) is 0 Å². The van der Waals surface area contributed by atoms with Crippen LogP contribution in [0.5, 0.6) is 0 Å². The molecule has 0 radical (unpaired) electrons. The molecule has 0 saturated carbocycles. The summed E-state index contributed by atoms with van der Waals surface area (Å²) in [5.74, 6) is 0.837. The normalized spacial score (nSPS) is 15.8. The molecule has 6 nitrogen and oxygen atoms in total. The zero-order chi connectivity index (χ0) is 15.5. The Labute approximate surface area is 133 Å². The molecule has 1 aliphatic rings. The van der Waals surface area contributed by atoms with Crippen LogP contribution >= 0.6 is 11.3 Å². The third-order valence-corrected chi connectivity index (χ3v) is 4.54. The number of aromatic nitrogens is 3. The highest BCUT2D eigenvalue weighted by Gasteiger charge is 2.25. The molecule has 0 spiro atoms. The maximum absolute atomic E-state index is 12.3.